The molecule has 0 fully saturated rings. The number of hydrogen-bond donors (Lipinski definition) is 0. The first-order valence-electron chi connectivity index (χ1n) is 7.68. The van der Waals surface area contributed by atoms with Gasteiger partial charge in [-0.3, -0.25) is 4.99 Å². The van der Waals surface area contributed by atoms with E-state index in [-0.39, 0.29) is 6.10 Å². The number of benzene rings is 2. The van der Waals surface area contributed by atoms with Crippen LogP contribution < -0.4 is 9.47 Å². The molecule has 23 heavy (non-hydrogen) atoms. The van der Waals surface area contributed by atoms with Gasteiger partial charge in [0.15, 0.2) is 11.5 Å². The minimum atomic E-state index is 0.0773. The number of methoxy groups -OCH3 is 1. The average molecular weight is 332 g/mol. The van der Waals surface area contributed by atoms with E-state index in [1.807, 2.05) is 50.2 Å². The summed E-state index contributed by atoms with van der Waals surface area (Å²) in [4.78, 5) is 4.46. The quantitative estimate of drug-likeness (QED) is 0.646. The van der Waals surface area contributed by atoms with Crippen molar-refractivity contribution in [3.05, 3.63) is 52.5 Å². The highest BCUT2D eigenvalue weighted by Crippen LogP contribution is 2.37. The molecule has 0 saturated carbocycles. The van der Waals surface area contributed by atoms with E-state index in [9.17, 15) is 0 Å². The van der Waals surface area contributed by atoms with Crippen LogP contribution in [0.4, 0.5) is 5.69 Å². The number of aliphatic imine (C=N–C) groups is 1. The van der Waals surface area contributed by atoms with Gasteiger partial charge in [0.2, 0.25) is 0 Å². The molecule has 0 N–H and O–H groups in total. The fourth-order valence-electron chi connectivity index (χ4n) is 1.99. The maximum Gasteiger partial charge on any atom is 0.180 e. The Labute approximate surface area is 142 Å². The molecule has 0 amide bonds. The number of halogens is 1. The molecule has 1 atom stereocenters. The van der Waals surface area contributed by atoms with Gasteiger partial charge in [-0.05, 0) is 50.1 Å². The largest absolute Gasteiger partial charge is 0.493 e. The first-order chi connectivity index (χ1) is 11.0. The van der Waals surface area contributed by atoms with Crippen LogP contribution in [0.1, 0.15) is 31.4 Å². The normalized spacial score (nSPS) is 12.4. The number of aryl methyl sites for hydroxylation is 1. The van der Waals surface area contributed by atoms with Gasteiger partial charge in [0.25, 0.3) is 0 Å². The maximum absolute atomic E-state index is 6.35. The molecule has 0 aliphatic rings. The van der Waals surface area contributed by atoms with Crippen molar-refractivity contribution in [1.29, 1.82) is 0 Å². The molecule has 0 unspecified atom stereocenters. The molecular weight excluding hydrogens is 310 g/mol. The van der Waals surface area contributed by atoms with Gasteiger partial charge in [0.1, 0.15) is 0 Å². The minimum absolute atomic E-state index is 0.0773. The Kier molecular flexibility index (Phi) is 6.05. The Hall–Kier alpha value is -2.00. The van der Waals surface area contributed by atoms with E-state index >= 15 is 0 Å². The lowest BCUT2D eigenvalue weighted by molar-refractivity contribution is 0.208. The van der Waals surface area contributed by atoms with Gasteiger partial charge in [-0.2, -0.15) is 0 Å². The molecule has 0 heterocycles. The van der Waals surface area contributed by atoms with Crippen molar-refractivity contribution in [3.8, 4) is 11.5 Å². The molecule has 2 aromatic carbocycles. The van der Waals surface area contributed by atoms with E-state index in [4.69, 9.17) is 21.1 Å². The van der Waals surface area contributed by atoms with E-state index in [1.165, 1.54) is 5.56 Å². The molecule has 2 rings (SSSR count). The van der Waals surface area contributed by atoms with E-state index in [0.29, 0.717) is 16.5 Å². The zero-order valence-electron chi connectivity index (χ0n) is 14.0. The van der Waals surface area contributed by atoms with Gasteiger partial charge < -0.3 is 9.47 Å². The molecule has 0 aliphatic carbocycles. The third kappa shape index (κ3) is 4.73. The predicted octanol–water partition coefficient (Wildman–Crippen LogP) is 5.58. The molecule has 2 aromatic rings. The summed E-state index contributed by atoms with van der Waals surface area (Å²) in [7, 11) is 1.61. The van der Waals surface area contributed by atoms with E-state index in [2.05, 4.69) is 11.9 Å². The van der Waals surface area contributed by atoms with Crippen LogP contribution in [0.15, 0.2) is 41.4 Å². The Bertz CT molecular complexity index is 681. The summed E-state index contributed by atoms with van der Waals surface area (Å²) in [6.07, 6.45) is 2.75. The number of hydrogen-bond acceptors (Lipinski definition) is 3. The van der Waals surface area contributed by atoms with Crippen molar-refractivity contribution in [1.82, 2.24) is 0 Å². The maximum atomic E-state index is 6.35. The van der Waals surface area contributed by atoms with Gasteiger partial charge in [-0.15, -0.1) is 0 Å². The second-order valence-corrected chi connectivity index (χ2v) is 5.87. The third-order valence-electron chi connectivity index (χ3n) is 3.54. The van der Waals surface area contributed by atoms with E-state index < -0.39 is 0 Å². The van der Waals surface area contributed by atoms with Crippen LogP contribution in [0.5, 0.6) is 11.5 Å². The van der Waals surface area contributed by atoms with Crippen molar-refractivity contribution >= 4 is 23.5 Å². The van der Waals surface area contributed by atoms with Crippen molar-refractivity contribution in [2.45, 2.75) is 33.3 Å². The highest BCUT2D eigenvalue weighted by Gasteiger charge is 2.13. The first kappa shape index (κ1) is 17.4. The van der Waals surface area contributed by atoms with Gasteiger partial charge in [-0.25, -0.2) is 0 Å². The van der Waals surface area contributed by atoms with Crippen LogP contribution in [-0.2, 0) is 0 Å². The molecule has 122 valence electrons. The highest BCUT2D eigenvalue weighted by molar-refractivity contribution is 6.32. The van der Waals surface area contributed by atoms with Crippen LogP contribution in [0.2, 0.25) is 5.02 Å². The summed E-state index contributed by atoms with van der Waals surface area (Å²) >= 11 is 6.35. The minimum Gasteiger partial charge on any atom is -0.493 e. The average Bonchev–Trinajstić information content (AvgIpc) is 2.56. The zero-order valence-corrected chi connectivity index (χ0v) is 14.7. The van der Waals surface area contributed by atoms with Crippen molar-refractivity contribution < 1.29 is 9.47 Å². The highest BCUT2D eigenvalue weighted by atomic mass is 35.5. The Morgan fingerprint density at radius 1 is 1.22 bits per heavy atom. The smallest absolute Gasteiger partial charge is 0.180 e. The van der Waals surface area contributed by atoms with Gasteiger partial charge in [-0.1, -0.05) is 36.2 Å². The second-order valence-electron chi connectivity index (χ2n) is 5.46. The number of ether oxygens (including phenoxy) is 2. The standard InChI is InChI=1S/C19H22ClNO2/c1-5-14(3)23-19-17(20)10-15(11-18(19)22-4)12-21-16-8-6-13(2)7-9-16/h6-12,14H,5H2,1-4H3/t14-/m1/s1. The number of rotatable bonds is 6. The Morgan fingerprint density at radius 2 is 1.91 bits per heavy atom. The zero-order chi connectivity index (χ0) is 16.8. The summed E-state index contributed by atoms with van der Waals surface area (Å²) in [6, 6.07) is 11.7. The van der Waals surface area contributed by atoms with Crippen molar-refractivity contribution in [3.63, 3.8) is 0 Å². The van der Waals surface area contributed by atoms with Gasteiger partial charge in [0.05, 0.1) is 23.9 Å². The molecule has 0 radical (unpaired) electrons. The lowest BCUT2D eigenvalue weighted by Gasteiger charge is -2.17. The Balaban J connectivity index is 2.26. The fraction of sp³-hybridized carbons (Fsp3) is 0.316. The van der Waals surface area contributed by atoms with Crippen LogP contribution in [0.25, 0.3) is 0 Å². The summed E-state index contributed by atoms with van der Waals surface area (Å²) in [6.45, 7) is 6.12. The van der Waals surface area contributed by atoms with Gasteiger partial charge in [0, 0.05) is 6.21 Å². The lowest BCUT2D eigenvalue weighted by Crippen LogP contribution is -2.11. The molecule has 0 bridgehead atoms. The first-order valence-corrected chi connectivity index (χ1v) is 8.06. The van der Waals surface area contributed by atoms with Crippen LogP contribution in [-0.4, -0.2) is 19.4 Å². The Morgan fingerprint density at radius 3 is 2.52 bits per heavy atom. The molecule has 0 saturated heterocycles. The topological polar surface area (TPSA) is 30.8 Å². The summed E-state index contributed by atoms with van der Waals surface area (Å²) in [5.41, 5.74) is 2.97. The summed E-state index contributed by atoms with van der Waals surface area (Å²) in [5, 5.41) is 0.523. The molecule has 4 heteroatoms. The second kappa shape index (κ2) is 8.02. The fourth-order valence-corrected chi connectivity index (χ4v) is 2.26. The summed E-state index contributed by atoms with van der Waals surface area (Å²) in [5.74, 6) is 1.19. The monoisotopic (exact) mass is 331 g/mol. The molecule has 3 nitrogen and oxygen atoms in total. The molecular formula is C19H22ClNO2. The van der Waals surface area contributed by atoms with E-state index in [0.717, 1.165) is 17.7 Å². The van der Waals surface area contributed by atoms with Crippen LogP contribution in [0.3, 0.4) is 0 Å². The van der Waals surface area contributed by atoms with E-state index in [1.54, 1.807) is 13.3 Å². The van der Waals surface area contributed by atoms with Crippen LogP contribution >= 0.6 is 11.6 Å². The number of nitrogens with zero attached hydrogens (tertiary/aromatic N) is 1. The van der Waals surface area contributed by atoms with Crippen LogP contribution in [0, 0.1) is 6.92 Å². The van der Waals surface area contributed by atoms with Crippen molar-refractivity contribution in [2.24, 2.45) is 4.99 Å². The summed E-state index contributed by atoms with van der Waals surface area (Å²) < 4.78 is 11.3. The lowest BCUT2D eigenvalue weighted by atomic mass is 10.2. The van der Waals surface area contributed by atoms with Gasteiger partial charge >= 0.3 is 0 Å². The molecule has 0 spiro atoms. The predicted molar refractivity (Wildman–Crippen MR) is 96.8 cm³/mol. The third-order valence-corrected chi connectivity index (χ3v) is 3.82. The van der Waals surface area contributed by atoms with Crippen molar-refractivity contribution in [2.75, 3.05) is 7.11 Å². The molecule has 0 aromatic heterocycles. The SMILES string of the molecule is CC[C@@H](C)Oc1c(Cl)cc(C=Nc2ccc(C)cc2)cc1OC. The molecule has 0 aliphatic heterocycles.